The van der Waals surface area contributed by atoms with Crippen LogP contribution in [0.5, 0.6) is 5.75 Å². The number of para-hydroxylation sites is 1. The first-order chi connectivity index (χ1) is 11.6. The van der Waals surface area contributed by atoms with Gasteiger partial charge < -0.3 is 14.4 Å². The van der Waals surface area contributed by atoms with Crippen LogP contribution in [0.4, 0.5) is 4.39 Å². The maximum Gasteiger partial charge on any atom is 0.309 e. The molecule has 5 nitrogen and oxygen atoms in total. The Hall–Kier alpha value is -2.11. The minimum absolute atomic E-state index is 0.0917. The molecule has 1 aromatic carbocycles. The van der Waals surface area contributed by atoms with Gasteiger partial charge in [0.1, 0.15) is 13.2 Å². The first kappa shape index (κ1) is 16.7. The van der Waals surface area contributed by atoms with Crippen molar-refractivity contribution in [2.75, 3.05) is 26.3 Å². The van der Waals surface area contributed by atoms with E-state index in [1.807, 2.05) is 4.90 Å². The van der Waals surface area contributed by atoms with Gasteiger partial charge in [0.15, 0.2) is 11.6 Å². The van der Waals surface area contributed by atoms with E-state index >= 15 is 0 Å². The third-order valence-corrected chi connectivity index (χ3v) is 4.49. The maximum absolute atomic E-state index is 13.4. The van der Waals surface area contributed by atoms with E-state index in [4.69, 9.17) is 9.47 Å². The molecule has 1 heterocycles. The average Bonchev–Trinajstić information content (AvgIpc) is 3.44. The molecule has 0 unspecified atom stereocenters. The SMILES string of the molecule is O=C(OCCOc1ccccc1F)C1CCN(C(=O)C2CC2)CC1. The van der Waals surface area contributed by atoms with Crippen LogP contribution in [-0.2, 0) is 14.3 Å². The molecule has 2 aliphatic rings. The zero-order valence-corrected chi connectivity index (χ0v) is 13.6. The van der Waals surface area contributed by atoms with E-state index in [2.05, 4.69) is 0 Å². The van der Waals surface area contributed by atoms with Gasteiger partial charge in [-0.3, -0.25) is 9.59 Å². The number of hydrogen-bond donors (Lipinski definition) is 0. The molecular weight excluding hydrogens is 313 g/mol. The van der Waals surface area contributed by atoms with E-state index < -0.39 is 5.82 Å². The molecule has 1 aromatic rings. The topological polar surface area (TPSA) is 55.8 Å². The molecule has 1 aliphatic heterocycles. The molecule has 1 amide bonds. The normalized spacial score (nSPS) is 18.3. The summed E-state index contributed by atoms with van der Waals surface area (Å²) in [6.07, 6.45) is 3.29. The summed E-state index contributed by atoms with van der Waals surface area (Å²) in [5.41, 5.74) is 0. The Morgan fingerprint density at radius 1 is 1.04 bits per heavy atom. The second-order valence-electron chi connectivity index (χ2n) is 6.32. The van der Waals surface area contributed by atoms with Crippen LogP contribution >= 0.6 is 0 Å². The molecule has 1 aliphatic carbocycles. The number of hydrogen-bond acceptors (Lipinski definition) is 4. The number of carbonyl (C=O) groups is 2. The van der Waals surface area contributed by atoms with Crippen molar-refractivity contribution in [1.82, 2.24) is 4.90 Å². The van der Waals surface area contributed by atoms with Crippen molar-refractivity contribution in [3.05, 3.63) is 30.1 Å². The molecule has 130 valence electrons. The maximum atomic E-state index is 13.4. The van der Waals surface area contributed by atoms with Crippen LogP contribution in [0.25, 0.3) is 0 Å². The minimum atomic E-state index is -0.434. The Kier molecular flexibility index (Phi) is 5.33. The third kappa shape index (κ3) is 4.24. The summed E-state index contributed by atoms with van der Waals surface area (Å²) in [5, 5.41) is 0. The van der Waals surface area contributed by atoms with Gasteiger partial charge in [-0.15, -0.1) is 0 Å². The average molecular weight is 335 g/mol. The lowest BCUT2D eigenvalue weighted by Crippen LogP contribution is -2.41. The molecule has 0 spiro atoms. The van der Waals surface area contributed by atoms with Crippen molar-refractivity contribution < 1.29 is 23.5 Å². The lowest BCUT2D eigenvalue weighted by molar-refractivity contribution is -0.152. The van der Waals surface area contributed by atoms with Crippen molar-refractivity contribution in [2.24, 2.45) is 11.8 Å². The molecular formula is C18H22FNO4. The van der Waals surface area contributed by atoms with Gasteiger partial charge >= 0.3 is 5.97 Å². The van der Waals surface area contributed by atoms with E-state index in [0.717, 1.165) is 12.8 Å². The van der Waals surface area contributed by atoms with Crippen LogP contribution in [0.2, 0.25) is 0 Å². The van der Waals surface area contributed by atoms with Crippen LogP contribution in [0.3, 0.4) is 0 Å². The molecule has 0 aromatic heterocycles. The van der Waals surface area contributed by atoms with Gasteiger partial charge in [0.25, 0.3) is 0 Å². The molecule has 0 bridgehead atoms. The number of halogens is 1. The monoisotopic (exact) mass is 335 g/mol. The number of ether oxygens (including phenoxy) is 2. The number of piperidine rings is 1. The van der Waals surface area contributed by atoms with Crippen LogP contribution in [0.15, 0.2) is 24.3 Å². The quantitative estimate of drug-likeness (QED) is 0.592. The second-order valence-corrected chi connectivity index (χ2v) is 6.32. The number of esters is 1. The minimum Gasteiger partial charge on any atom is -0.487 e. The van der Waals surface area contributed by atoms with Crippen molar-refractivity contribution in [3.63, 3.8) is 0 Å². The molecule has 24 heavy (non-hydrogen) atoms. The van der Waals surface area contributed by atoms with Gasteiger partial charge in [-0.1, -0.05) is 12.1 Å². The fraction of sp³-hybridized carbons (Fsp3) is 0.556. The lowest BCUT2D eigenvalue weighted by atomic mass is 9.97. The summed E-state index contributed by atoms with van der Waals surface area (Å²) < 4.78 is 23.8. The first-order valence-corrected chi connectivity index (χ1v) is 8.48. The number of likely N-dealkylation sites (tertiary alicyclic amines) is 1. The Labute approximate surface area is 140 Å². The molecule has 6 heteroatoms. The summed E-state index contributed by atoms with van der Waals surface area (Å²) in [7, 11) is 0. The van der Waals surface area contributed by atoms with E-state index in [9.17, 15) is 14.0 Å². The van der Waals surface area contributed by atoms with Crippen LogP contribution < -0.4 is 4.74 Å². The predicted molar refractivity (Wildman–Crippen MR) is 84.9 cm³/mol. The largest absolute Gasteiger partial charge is 0.487 e. The predicted octanol–water partition coefficient (Wildman–Crippen LogP) is 2.40. The van der Waals surface area contributed by atoms with Gasteiger partial charge in [-0.2, -0.15) is 0 Å². The molecule has 2 fully saturated rings. The van der Waals surface area contributed by atoms with Crippen molar-refractivity contribution in [2.45, 2.75) is 25.7 Å². The Balaban J connectivity index is 1.34. The summed E-state index contributed by atoms with van der Waals surface area (Å²) in [6, 6.07) is 6.12. The van der Waals surface area contributed by atoms with Crippen LogP contribution in [-0.4, -0.2) is 43.1 Å². The summed E-state index contributed by atoms with van der Waals surface area (Å²) >= 11 is 0. The summed E-state index contributed by atoms with van der Waals surface area (Å²) in [6.45, 7) is 1.46. The number of carbonyl (C=O) groups excluding carboxylic acids is 2. The molecule has 1 saturated heterocycles. The van der Waals surface area contributed by atoms with Gasteiger partial charge in [0, 0.05) is 19.0 Å². The summed E-state index contributed by atoms with van der Waals surface area (Å²) in [4.78, 5) is 25.9. The Morgan fingerprint density at radius 3 is 2.42 bits per heavy atom. The van der Waals surface area contributed by atoms with Crippen molar-refractivity contribution >= 4 is 11.9 Å². The Bertz CT molecular complexity index is 594. The van der Waals surface area contributed by atoms with Crippen molar-refractivity contribution in [3.8, 4) is 5.75 Å². The molecule has 0 N–H and O–H groups in total. The van der Waals surface area contributed by atoms with Crippen LogP contribution in [0, 0.1) is 17.7 Å². The van der Waals surface area contributed by atoms with E-state index in [1.165, 1.54) is 12.1 Å². The zero-order valence-electron chi connectivity index (χ0n) is 13.6. The highest BCUT2D eigenvalue weighted by atomic mass is 19.1. The molecule has 1 saturated carbocycles. The number of benzene rings is 1. The fourth-order valence-corrected chi connectivity index (χ4v) is 2.90. The fourth-order valence-electron chi connectivity index (χ4n) is 2.90. The number of nitrogens with zero attached hydrogens (tertiary/aromatic N) is 1. The van der Waals surface area contributed by atoms with Crippen LogP contribution in [0.1, 0.15) is 25.7 Å². The summed E-state index contributed by atoms with van der Waals surface area (Å²) in [5.74, 6) is -0.242. The first-order valence-electron chi connectivity index (χ1n) is 8.48. The lowest BCUT2D eigenvalue weighted by Gasteiger charge is -2.31. The highest BCUT2D eigenvalue weighted by Crippen LogP contribution is 2.32. The molecule has 3 rings (SSSR count). The van der Waals surface area contributed by atoms with Gasteiger partial charge in [0.05, 0.1) is 5.92 Å². The van der Waals surface area contributed by atoms with Gasteiger partial charge in [-0.05, 0) is 37.8 Å². The third-order valence-electron chi connectivity index (χ3n) is 4.49. The molecule has 0 atom stereocenters. The number of rotatable bonds is 6. The Morgan fingerprint density at radius 2 is 1.75 bits per heavy atom. The standard InChI is InChI=1S/C18H22FNO4/c19-15-3-1-2-4-16(15)23-11-12-24-18(22)14-7-9-20(10-8-14)17(21)13-5-6-13/h1-4,13-14H,5-12H2. The van der Waals surface area contributed by atoms with Crippen molar-refractivity contribution in [1.29, 1.82) is 0 Å². The van der Waals surface area contributed by atoms with E-state index in [0.29, 0.717) is 25.9 Å². The highest BCUT2D eigenvalue weighted by Gasteiger charge is 2.36. The van der Waals surface area contributed by atoms with E-state index in [1.54, 1.807) is 12.1 Å². The van der Waals surface area contributed by atoms with E-state index in [-0.39, 0.29) is 42.7 Å². The highest BCUT2D eigenvalue weighted by molar-refractivity contribution is 5.81. The number of amides is 1. The zero-order chi connectivity index (χ0) is 16.9. The van der Waals surface area contributed by atoms with Gasteiger partial charge in [-0.25, -0.2) is 4.39 Å². The smallest absolute Gasteiger partial charge is 0.309 e. The second kappa shape index (κ2) is 7.64. The molecule has 0 radical (unpaired) electrons. The van der Waals surface area contributed by atoms with Gasteiger partial charge in [0.2, 0.25) is 5.91 Å².